The monoisotopic (exact) mass is 345 g/mol. The minimum absolute atomic E-state index is 0.118. The van der Waals surface area contributed by atoms with Gasteiger partial charge in [0.2, 0.25) is 0 Å². The maximum absolute atomic E-state index is 10.1. The highest BCUT2D eigenvalue weighted by Crippen LogP contribution is 2.33. The lowest BCUT2D eigenvalue weighted by Gasteiger charge is -2.10. The predicted octanol–water partition coefficient (Wildman–Crippen LogP) is 4.73. The van der Waals surface area contributed by atoms with Crippen molar-refractivity contribution in [2.24, 2.45) is 0 Å². The molecule has 0 aliphatic heterocycles. The molecule has 3 aromatic rings. The summed E-state index contributed by atoms with van der Waals surface area (Å²) < 4.78 is 9.54. The highest BCUT2D eigenvalue weighted by atomic mass is 32.2. The Morgan fingerprint density at radius 2 is 1.71 bits per heavy atom. The van der Waals surface area contributed by atoms with Crippen molar-refractivity contribution >= 4 is 34.2 Å². The number of fused-ring (bicyclic) bond motifs is 1. The van der Waals surface area contributed by atoms with E-state index < -0.39 is 0 Å². The molecule has 124 valence electrons. The second kappa shape index (κ2) is 7.41. The lowest BCUT2D eigenvalue weighted by molar-refractivity contribution is -0.432. The predicted molar refractivity (Wildman–Crippen MR) is 92.5 cm³/mol. The molecule has 0 saturated heterocycles. The minimum Gasteiger partial charge on any atom is -0.507 e. The van der Waals surface area contributed by atoms with Gasteiger partial charge in [0.25, 0.3) is 0 Å². The molecule has 7 heteroatoms. The first kappa shape index (κ1) is 16.4. The average molecular weight is 345 g/mol. The Labute approximate surface area is 142 Å². The SMILES string of the molecule is COc1ccc(Nc2ccc3c(O)cc(SOOO)cc3c2)cc1. The van der Waals surface area contributed by atoms with Crippen LogP contribution in [0.15, 0.2) is 59.5 Å². The van der Waals surface area contributed by atoms with E-state index >= 15 is 0 Å². The first-order valence-electron chi connectivity index (χ1n) is 7.02. The fourth-order valence-electron chi connectivity index (χ4n) is 2.34. The van der Waals surface area contributed by atoms with Crippen molar-refractivity contribution in [1.82, 2.24) is 0 Å². The number of hydrogen-bond donors (Lipinski definition) is 3. The van der Waals surface area contributed by atoms with Crippen LogP contribution < -0.4 is 10.1 Å². The van der Waals surface area contributed by atoms with Crippen LogP contribution >= 0.6 is 12.0 Å². The van der Waals surface area contributed by atoms with Crippen molar-refractivity contribution in [2.75, 3.05) is 12.4 Å². The smallest absolute Gasteiger partial charge is 0.124 e. The number of hydrogen-bond acceptors (Lipinski definition) is 7. The van der Waals surface area contributed by atoms with Gasteiger partial charge >= 0.3 is 0 Å². The zero-order chi connectivity index (χ0) is 16.9. The quantitative estimate of drug-likeness (QED) is 0.339. The molecule has 0 unspecified atom stereocenters. The van der Waals surface area contributed by atoms with Gasteiger partial charge in [-0.3, -0.25) is 0 Å². The molecule has 0 heterocycles. The number of methoxy groups -OCH3 is 1. The number of rotatable bonds is 6. The molecule has 0 aromatic heterocycles. The van der Waals surface area contributed by atoms with Crippen molar-refractivity contribution in [3.05, 3.63) is 54.6 Å². The Morgan fingerprint density at radius 1 is 0.958 bits per heavy atom. The van der Waals surface area contributed by atoms with E-state index in [4.69, 9.17) is 9.99 Å². The zero-order valence-corrected chi connectivity index (χ0v) is 13.5. The van der Waals surface area contributed by atoms with E-state index in [-0.39, 0.29) is 5.75 Å². The van der Waals surface area contributed by atoms with Crippen LogP contribution in [0.25, 0.3) is 10.8 Å². The summed E-state index contributed by atoms with van der Waals surface area (Å²) in [7, 11) is 1.62. The van der Waals surface area contributed by atoms with Gasteiger partial charge < -0.3 is 15.2 Å². The fraction of sp³-hybridized carbons (Fsp3) is 0.0588. The number of phenols is 1. The number of aromatic hydroxyl groups is 1. The molecule has 0 spiro atoms. The van der Waals surface area contributed by atoms with Gasteiger partial charge in [0.05, 0.1) is 19.2 Å². The summed E-state index contributed by atoms with van der Waals surface area (Å²) in [5, 5.41) is 26.7. The van der Waals surface area contributed by atoms with Gasteiger partial charge in [-0.1, -0.05) is 5.04 Å². The summed E-state index contributed by atoms with van der Waals surface area (Å²) in [6.07, 6.45) is 0. The Kier molecular flexibility index (Phi) is 5.07. The van der Waals surface area contributed by atoms with Crippen LogP contribution in [-0.2, 0) is 9.37 Å². The van der Waals surface area contributed by atoms with E-state index in [1.54, 1.807) is 7.11 Å². The lowest BCUT2D eigenvalue weighted by atomic mass is 10.1. The third kappa shape index (κ3) is 3.72. The van der Waals surface area contributed by atoms with E-state index in [0.717, 1.165) is 34.6 Å². The third-order valence-corrected chi connectivity index (χ3v) is 4.00. The van der Waals surface area contributed by atoms with Crippen molar-refractivity contribution < 1.29 is 24.5 Å². The van der Waals surface area contributed by atoms with E-state index in [0.29, 0.717) is 10.3 Å². The summed E-state index contributed by atoms with van der Waals surface area (Å²) in [6, 6.07) is 16.5. The lowest BCUT2D eigenvalue weighted by Crippen LogP contribution is -1.91. The number of anilines is 2. The highest BCUT2D eigenvalue weighted by molar-refractivity contribution is 7.94. The average Bonchev–Trinajstić information content (AvgIpc) is 2.60. The zero-order valence-electron chi connectivity index (χ0n) is 12.7. The molecule has 0 saturated carbocycles. The second-order valence-electron chi connectivity index (χ2n) is 4.96. The first-order valence-corrected chi connectivity index (χ1v) is 7.76. The maximum Gasteiger partial charge on any atom is 0.124 e. The van der Waals surface area contributed by atoms with Gasteiger partial charge in [-0.15, -0.1) is 4.33 Å². The summed E-state index contributed by atoms with van der Waals surface area (Å²) in [4.78, 5) is 0.593. The van der Waals surface area contributed by atoms with Crippen LogP contribution in [-0.4, -0.2) is 17.5 Å². The topological polar surface area (TPSA) is 80.2 Å². The van der Waals surface area contributed by atoms with Crippen molar-refractivity contribution in [1.29, 1.82) is 0 Å². The molecule has 0 bridgehead atoms. The molecule has 24 heavy (non-hydrogen) atoms. The van der Waals surface area contributed by atoms with Crippen LogP contribution in [0.5, 0.6) is 11.5 Å². The largest absolute Gasteiger partial charge is 0.507 e. The number of phenolic OH excluding ortho intramolecular Hbond substituents is 1. The first-order chi connectivity index (χ1) is 11.7. The van der Waals surface area contributed by atoms with E-state index in [9.17, 15) is 5.11 Å². The van der Waals surface area contributed by atoms with Crippen LogP contribution in [0.3, 0.4) is 0 Å². The Hall–Kier alpha value is -2.45. The van der Waals surface area contributed by atoms with Crippen LogP contribution in [0.2, 0.25) is 0 Å². The molecular weight excluding hydrogens is 330 g/mol. The van der Waals surface area contributed by atoms with Crippen molar-refractivity contribution in [3.8, 4) is 11.5 Å². The van der Waals surface area contributed by atoms with Crippen LogP contribution in [0, 0.1) is 0 Å². The molecule has 0 fully saturated rings. The molecule has 3 rings (SSSR count). The minimum atomic E-state index is 0.118. The van der Waals surface area contributed by atoms with Gasteiger partial charge in [0, 0.05) is 21.7 Å². The maximum atomic E-state index is 10.1. The summed E-state index contributed by atoms with van der Waals surface area (Å²) in [5.74, 6) is 0.907. The van der Waals surface area contributed by atoms with Gasteiger partial charge in [-0.25, -0.2) is 5.26 Å². The summed E-state index contributed by atoms with van der Waals surface area (Å²) >= 11 is 0.797. The van der Waals surface area contributed by atoms with Gasteiger partial charge in [0.15, 0.2) is 0 Å². The Bertz CT molecular complexity index is 838. The van der Waals surface area contributed by atoms with E-state index in [1.807, 2.05) is 48.5 Å². The van der Waals surface area contributed by atoms with Gasteiger partial charge in [-0.2, -0.15) is 0 Å². The molecule has 0 aliphatic rings. The molecule has 0 amide bonds. The Balaban J connectivity index is 1.88. The van der Waals surface area contributed by atoms with Gasteiger partial charge in [-0.05, 0) is 60.0 Å². The molecule has 6 nitrogen and oxygen atoms in total. The van der Waals surface area contributed by atoms with Crippen molar-refractivity contribution in [3.63, 3.8) is 0 Å². The van der Waals surface area contributed by atoms with Gasteiger partial charge in [0.1, 0.15) is 11.5 Å². The molecule has 3 aromatic carbocycles. The Morgan fingerprint density at radius 3 is 2.42 bits per heavy atom. The molecule has 0 radical (unpaired) electrons. The number of nitrogens with one attached hydrogen (secondary N) is 1. The van der Waals surface area contributed by atoms with Crippen LogP contribution in [0.4, 0.5) is 11.4 Å². The molecule has 0 aliphatic carbocycles. The summed E-state index contributed by atoms with van der Waals surface area (Å²) in [5.41, 5.74) is 1.79. The van der Waals surface area contributed by atoms with Crippen LogP contribution in [0.1, 0.15) is 0 Å². The molecular formula is C17H15NO5S. The van der Waals surface area contributed by atoms with Crippen molar-refractivity contribution in [2.45, 2.75) is 4.90 Å². The third-order valence-electron chi connectivity index (χ3n) is 3.44. The fourth-order valence-corrected chi connectivity index (χ4v) is 2.79. The highest BCUT2D eigenvalue weighted by Gasteiger charge is 2.06. The summed E-state index contributed by atoms with van der Waals surface area (Å²) in [6.45, 7) is 0. The number of benzene rings is 3. The second-order valence-corrected chi connectivity index (χ2v) is 5.73. The standard InChI is InChI=1S/C17H15NO5S/c1-21-14-5-2-12(3-6-14)18-13-4-7-16-11(8-13)9-15(10-17(16)19)24-23-22-20/h2-10,18-20H,1H3. The number of ether oxygens (including phenoxy) is 1. The molecule has 0 atom stereocenters. The normalized spacial score (nSPS) is 10.8. The molecule has 3 N–H and O–H groups in total. The van der Waals surface area contributed by atoms with E-state index in [2.05, 4.69) is 14.7 Å². The van der Waals surface area contributed by atoms with E-state index in [1.165, 1.54) is 6.07 Å².